The second-order valence-electron chi connectivity index (χ2n) is 7.10. The fourth-order valence-electron chi connectivity index (χ4n) is 3.27. The third-order valence-corrected chi connectivity index (χ3v) is 4.91. The maximum atomic E-state index is 12.5. The zero-order valence-corrected chi connectivity index (χ0v) is 18.5. The number of H-pyrrole nitrogens is 1. The lowest BCUT2D eigenvalue weighted by Gasteiger charge is -2.10. The molecule has 0 spiro atoms. The van der Waals surface area contributed by atoms with E-state index in [-0.39, 0.29) is 0 Å². The van der Waals surface area contributed by atoms with Gasteiger partial charge in [-0.15, -0.1) is 0 Å². The standard InChI is InChI=1S/C24H24N4O5/c1-30-17-6-4-5-16(11-17)25-24(29)26-23-21-13-18(7-8-22(21)27-28-23)33-14-15-9-19(31-2)12-20(10-15)32-3/h4-13H,14H2,1-3H3,(H3,25,26,27,28,29). The molecule has 170 valence electrons. The zero-order valence-electron chi connectivity index (χ0n) is 18.5. The molecule has 0 saturated heterocycles. The van der Waals surface area contributed by atoms with Gasteiger partial charge in [-0.05, 0) is 48.0 Å². The second kappa shape index (κ2) is 9.82. The number of urea groups is 1. The first-order valence-electron chi connectivity index (χ1n) is 10.1. The topological polar surface area (TPSA) is 107 Å². The Balaban J connectivity index is 1.46. The highest BCUT2D eigenvalue weighted by Gasteiger charge is 2.12. The van der Waals surface area contributed by atoms with Crippen LogP contribution in [0.15, 0.2) is 60.7 Å². The number of nitrogens with zero attached hydrogens (tertiary/aromatic N) is 1. The number of hydrogen-bond acceptors (Lipinski definition) is 6. The molecule has 4 aromatic rings. The predicted octanol–water partition coefficient (Wildman–Crippen LogP) is 4.81. The summed E-state index contributed by atoms with van der Waals surface area (Å²) in [6.45, 7) is 0.315. The van der Waals surface area contributed by atoms with Crippen molar-refractivity contribution in [2.45, 2.75) is 6.61 Å². The van der Waals surface area contributed by atoms with E-state index in [1.54, 1.807) is 51.7 Å². The van der Waals surface area contributed by atoms with E-state index in [9.17, 15) is 4.79 Å². The molecule has 0 fully saturated rings. The van der Waals surface area contributed by atoms with Crippen LogP contribution in [0.1, 0.15) is 5.56 Å². The number of carbonyl (C=O) groups excluding carboxylic acids is 1. The molecule has 4 rings (SSSR count). The lowest BCUT2D eigenvalue weighted by atomic mass is 10.2. The molecule has 9 heteroatoms. The molecule has 0 atom stereocenters. The Morgan fingerprint density at radius 1 is 0.848 bits per heavy atom. The molecule has 0 bridgehead atoms. The second-order valence-corrected chi connectivity index (χ2v) is 7.10. The predicted molar refractivity (Wildman–Crippen MR) is 126 cm³/mol. The number of methoxy groups -OCH3 is 3. The molecule has 1 heterocycles. The van der Waals surface area contributed by atoms with Gasteiger partial charge < -0.3 is 24.3 Å². The summed E-state index contributed by atoms with van der Waals surface area (Å²) in [5, 5.41) is 13.4. The fraction of sp³-hybridized carbons (Fsp3) is 0.167. The first-order valence-corrected chi connectivity index (χ1v) is 10.1. The number of ether oxygens (including phenoxy) is 4. The average Bonchev–Trinajstić information content (AvgIpc) is 3.24. The Labute approximate surface area is 190 Å². The van der Waals surface area contributed by atoms with E-state index in [0.717, 1.165) is 16.5 Å². The van der Waals surface area contributed by atoms with Crippen LogP contribution in [-0.4, -0.2) is 37.6 Å². The van der Waals surface area contributed by atoms with Crippen LogP contribution in [0.25, 0.3) is 10.9 Å². The highest BCUT2D eigenvalue weighted by Crippen LogP contribution is 2.28. The number of aromatic nitrogens is 2. The number of nitrogens with one attached hydrogen (secondary N) is 3. The van der Waals surface area contributed by atoms with Gasteiger partial charge in [0.25, 0.3) is 0 Å². The van der Waals surface area contributed by atoms with Gasteiger partial charge >= 0.3 is 6.03 Å². The van der Waals surface area contributed by atoms with Gasteiger partial charge in [0.1, 0.15) is 29.6 Å². The minimum absolute atomic E-state index is 0.315. The molecule has 0 aliphatic heterocycles. The van der Waals surface area contributed by atoms with Crippen LogP contribution in [0.4, 0.5) is 16.3 Å². The Bertz CT molecular complexity index is 1250. The summed E-state index contributed by atoms with van der Waals surface area (Å²) >= 11 is 0. The fourth-order valence-corrected chi connectivity index (χ4v) is 3.27. The van der Waals surface area contributed by atoms with Crippen molar-refractivity contribution in [3.8, 4) is 23.0 Å². The van der Waals surface area contributed by atoms with E-state index in [0.29, 0.717) is 41.1 Å². The quantitative estimate of drug-likeness (QED) is 0.357. The first-order chi connectivity index (χ1) is 16.1. The molecular weight excluding hydrogens is 424 g/mol. The minimum Gasteiger partial charge on any atom is -0.497 e. The van der Waals surface area contributed by atoms with Crippen molar-refractivity contribution in [3.63, 3.8) is 0 Å². The number of amides is 2. The summed E-state index contributed by atoms with van der Waals surface area (Å²) in [5.74, 6) is 3.04. The smallest absolute Gasteiger partial charge is 0.324 e. The number of hydrogen-bond donors (Lipinski definition) is 3. The number of anilines is 2. The van der Waals surface area contributed by atoms with Crippen molar-refractivity contribution in [2.75, 3.05) is 32.0 Å². The van der Waals surface area contributed by atoms with Crippen molar-refractivity contribution in [2.24, 2.45) is 0 Å². The van der Waals surface area contributed by atoms with Crippen LogP contribution in [-0.2, 0) is 6.61 Å². The molecule has 0 saturated carbocycles. The molecule has 3 aromatic carbocycles. The van der Waals surface area contributed by atoms with Gasteiger partial charge in [-0.25, -0.2) is 4.79 Å². The molecule has 0 aliphatic carbocycles. The third-order valence-electron chi connectivity index (χ3n) is 4.91. The number of aromatic amines is 1. The summed E-state index contributed by atoms with van der Waals surface area (Å²) in [6, 6.07) is 17.7. The van der Waals surface area contributed by atoms with E-state index in [2.05, 4.69) is 20.8 Å². The zero-order chi connectivity index (χ0) is 23.2. The van der Waals surface area contributed by atoms with E-state index in [1.165, 1.54) is 0 Å². The molecule has 33 heavy (non-hydrogen) atoms. The van der Waals surface area contributed by atoms with E-state index in [4.69, 9.17) is 18.9 Å². The van der Waals surface area contributed by atoms with Crippen LogP contribution in [0.3, 0.4) is 0 Å². The van der Waals surface area contributed by atoms with E-state index in [1.807, 2.05) is 30.3 Å². The summed E-state index contributed by atoms with van der Waals surface area (Å²) in [4.78, 5) is 12.5. The largest absolute Gasteiger partial charge is 0.497 e. The average molecular weight is 448 g/mol. The van der Waals surface area contributed by atoms with Gasteiger partial charge in [-0.2, -0.15) is 5.10 Å². The molecule has 2 amide bonds. The van der Waals surface area contributed by atoms with Gasteiger partial charge in [0.05, 0.1) is 26.8 Å². The highest BCUT2D eigenvalue weighted by atomic mass is 16.5. The monoisotopic (exact) mass is 448 g/mol. The Kier molecular flexibility index (Phi) is 6.49. The Hall–Kier alpha value is -4.40. The summed E-state index contributed by atoms with van der Waals surface area (Å²) in [7, 11) is 4.77. The van der Waals surface area contributed by atoms with Crippen LogP contribution < -0.4 is 29.6 Å². The molecule has 0 aliphatic rings. The Morgan fingerprint density at radius 3 is 2.33 bits per heavy atom. The number of fused-ring (bicyclic) bond motifs is 1. The van der Waals surface area contributed by atoms with Crippen LogP contribution in [0.5, 0.6) is 23.0 Å². The van der Waals surface area contributed by atoms with Crippen LogP contribution in [0.2, 0.25) is 0 Å². The third kappa shape index (κ3) is 5.27. The van der Waals surface area contributed by atoms with Gasteiger partial charge in [0, 0.05) is 23.2 Å². The normalized spacial score (nSPS) is 10.5. The summed E-state index contributed by atoms with van der Waals surface area (Å²) < 4.78 is 21.7. The maximum Gasteiger partial charge on any atom is 0.324 e. The van der Waals surface area contributed by atoms with Gasteiger partial charge in [0.15, 0.2) is 5.82 Å². The number of carbonyl (C=O) groups is 1. The Morgan fingerprint density at radius 2 is 1.61 bits per heavy atom. The summed E-state index contributed by atoms with van der Waals surface area (Å²) in [6.07, 6.45) is 0. The molecule has 9 nitrogen and oxygen atoms in total. The van der Waals surface area contributed by atoms with Gasteiger partial charge in [-0.1, -0.05) is 6.07 Å². The molecule has 3 N–H and O–H groups in total. The summed E-state index contributed by atoms with van der Waals surface area (Å²) in [5.41, 5.74) is 2.26. The lowest BCUT2D eigenvalue weighted by Crippen LogP contribution is -2.19. The SMILES string of the molecule is COc1cccc(NC(=O)Nc2n[nH]c3ccc(OCc4cc(OC)cc(OC)c4)cc23)c1. The van der Waals surface area contributed by atoms with E-state index >= 15 is 0 Å². The van der Waals surface area contributed by atoms with E-state index < -0.39 is 6.03 Å². The van der Waals surface area contributed by atoms with Gasteiger partial charge in [0.2, 0.25) is 0 Å². The minimum atomic E-state index is -0.425. The molecule has 0 unspecified atom stereocenters. The lowest BCUT2D eigenvalue weighted by molar-refractivity contribution is 0.262. The molecule has 1 aromatic heterocycles. The van der Waals surface area contributed by atoms with Crippen LogP contribution in [0, 0.1) is 0 Å². The highest BCUT2D eigenvalue weighted by molar-refractivity contribution is 6.04. The number of rotatable bonds is 8. The number of benzene rings is 3. The van der Waals surface area contributed by atoms with Crippen molar-refractivity contribution < 1.29 is 23.7 Å². The van der Waals surface area contributed by atoms with Crippen molar-refractivity contribution in [1.29, 1.82) is 0 Å². The maximum absolute atomic E-state index is 12.5. The molecular formula is C24H24N4O5. The van der Waals surface area contributed by atoms with Crippen molar-refractivity contribution in [1.82, 2.24) is 10.2 Å². The molecule has 0 radical (unpaired) electrons. The van der Waals surface area contributed by atoms with Gasteiger partial charge in [-0.3, -0.25) is 10.4 Å². The van der Waals surface area contributed by atoms with Crippen LogP contribution >= 0.6 is 0 Å². The van der Waals surface area contributed by atoms with Crippen molar-refractivity contribution >= 4 is 28.4 Å². The first kappa shape index (κ1) is 21.8. The van der Waals surface area contributed by atoms with Crippen molar-refractivity contribution in [3.05, 3.63) is 66.2 Å².